The Kier molecular flexibility index (Phi) is 6.17. The van der Waals surface area contributed by atoms with Gasteiger partial charge in [-0.3, -0.25) is 4.79 Å². The summed E-state index contributed by atoms with van der Waals surface area (Å²) in [6.07, 6.45) is 2.90. The third kappa shape index (κ3) is 4.18. The van der Waals surface area contributed by atoms with Crippen LogP contribution < -0.4 is 0 Å². The van der Waals surface area contributed by atoms with Crippen LogP contribution in [0.4, 0.5) is 4.39 Å². The van der Waals surface area contributed by atoms with Gasteiger partial charge in [0, 0.05) is 11.5 Å². The SMILES string of the molecule is C[C@H](OC(=O)c1ccc(Br)cc1F)C(=O)N(C)C1(C#N)CCCCC1. The molecule has 0 saturated heterocycles. The highest BCUT2D eigenvalue weighted by Gasteiger charge is 2.40. The van der Waals surface area contributed by atoms with Crippen LogP contribution in [0.1, 0.15) is 49.4 Å². The third-order valence-electron chi connectivity index (χ3n) is 4.64. The van der Waals surface area contributed by atoms with Crippen molar-refractivity contribution in [2.75, 3.05) is 7.05 Å². The molecular formula is C18H20BrFN2O3. The maximum atomic E-state index is 13.8. The van der Waals surface area contributed by atoms with E-state index in [1.165, 1.54) is 24.0 Å². The number of hydrogen-bond acceptors (Lipinski definition) is 4. The van der Waals surface area contributed by atoms with E-state index in [1.54, 1.807) is 7.05 Å². The zero-order valence-electron chi connectivity index (χ0n) is 14.2. The Hall–Kier alpha value is -1.94. The van der Waals surface area contributed by atoms with Gasteiger partial charge in [0.25, 0.3) is 5.91 Å². The first kappa shape index (κ1) is 19.4. The molecule has 0 radical (unpaired) electrons. The van der Waals surface area contributed by atoms with Crippen molar-refractivity contribution in [1.82, 2.24) is 4.90 Å². The average Bonchev–Trinajstić information content (AvgIpc) is 2.60. The number of esters is 1. The van der Waals surface area contributed by atoms with Gasteiger partial charge in [-0.15, -0.1) is 0 Å². The summed E-state index contributed by atoms with van der Waals surface area (Å²) in [6.45, 7) is 1.43. The number of rotatable bonds is 4. The Morgan fingerprint density at radius 1 is 1.36 bits per heavy atom. The molecule has 0 heterocycles. The lowest BCUT2D eigenvalue weighted by molar-refractivity contribution is -0.143. The molecule has 25 heavy (non-hydrogen) atoms. The van der Waals surface area contributed by atoms with Crippen molar-refractivity contribution in [2.45, 2.75) is 50.7 Å². The summed E-state index contributed by atoms with van der Waals surface area (Å²) in [4.78, 5) is 26.1. The van der Waals surface area contributed by atoms with E-state index in [2.05, 4.69) is 22.0 Å². The maximum Gasteiger partial charge on any atom is 0.341 e. The molecule has 0 N–H and O–H groups in total. The van der Waals surface area contributed by atoms with Crippen molar-refractivity contribution in [3.63, 3.8) is 0 Å². The first-order valence-corrected chi connectivity index (χ1v) is 8.95. The molecule has 1 aromatic carbocycles. The van der Waals surface area contributed by atoms with Gasteiger partial charge in [0.1, 0.15) is 11.4 Å². The molecule has 0 spiro atoms. The molecule has 0 aromatic heterocycles. The van der Waals surface area contributed by atoms with Gasteiger partial charge in [0.15, 0.2) is 6.10 Å². The van der Waals surface area contributed by atoms with Gasteiger partial charge < -0.3 is 9.64 Å². The molecule has 0 bridgehead atoms. The van der Waals surface area contributed by atoms with Crippen LogP contribution >= 0.6 is 15.9 Å². The second kappa shape index (κ2) is 7.96. The fourth-order valence-electron chi connectivity index (χ4n) is 3.07. The Bertz CT molecular complexity index is 711. The van der Waals surface area contributed by atoms with Crippen molar-refractivity contribution in [3.8, 4) is 6.07 Å². The largest absolute Gasteiger partial charge is 0.449 e. The molecule has 1 amide bonds. The number of hydrogen-bond donors (Lipinski definition) is 0. The van der Waals surface area contributed by atoms with Crippen molar-refractivity contribution in [3.05, 3.63) is 34.1 Å². The predicted octanol–water partition coefficient (Wildman–Crippen LogP) is 3.82. The first-order valence-electron chi connectivity index (χ1n) is 8.16. The zero-order valence-corrected chi connectivity index (χ0v) is 15.8. The van der Waals surface area contributed by atoms with Gasteiger partial charge in [-0.25, -0.2) is 9.18 Å². The van der Waals surface area contributed by atoms with Gasteiger partial charge in [-0.2, -0.15) is 5.26 Å². The van der Waals surface area contributed by atoms with Gasteiger partial charge in [0.05, 0.1) is 11.6 Å². The molecule has 1 fully saturated rings. The molecule has 1 aromatic rings. The standard InChI is InChI=1S/C18H20BrFN2O3/c1-12(25-17(24)14-7-6-13(19)10-15(14)20)16(23)22(2)18(11-21)8-4-3-5-9-18/h6-7,10,12H,3-5,8-9H2,1-2H3/t12-/m0/s1. The van der Waals surface area contributed by atoms with E-state index in [9.17, 15) is 19.2 Å². The van der Waals surface area contributed by atoms with Gasteiger partial charge >= 0.3 is 5.97 Å². The highest BCUT2D eigenvalue weighted by molar-refractivity contribution is 9.10. The number of halogens is 2. The molecule has 1 saturated carbocycles. The minimum atomic E-state index is -1.10. The van der Waals surface area contributed by atoms with Crippen LogP contribution in [0, 0.1) is 17.1 Å². The first-order chi connectivity index (χ1) is 11.8. The Labute approximate surface area is 154 Å². The van der Waals surface area contributed by atoms with Crippen molar-refractivity contribution in [1.29, 1.82) is 5.26 Å². The van der Waals surface area contributed by atoms with Crippen molar-refractivity contribution < 1.29 is 18.7 Å². The number of amides is 1. The lowest BCUT2D eigenvalue weighted by atomic mass is 9.81. The molecule has 1 atom stereocenters. The van der Waals surface area contributed by atoms with Gasteiger partial charge in [-0.05, 0) is 38.0 Å². The molecule has 5 nitrogen and oxygen atoms in total. The average molecular weight is 411 g/mol. The summed E-state index contributed by atoms with van der Waals surface area (Å²) in [5, 5.41) is 9.56. The van der Waals surface area contributed by atoms with Crippen LogP contribution in [0.5, 0.6) is 0 Å². The Morgan fingerprint density at radius 3 is 2.56 bits per heavy atom. The minimum absolute atomic E-state index is 0.238. The van der Waals surface area contributed by atoms with Crippen LogP contribution in [0.3, 0.4) is 0 Å². The zero-order chi connectivity index (χ0) is 18.6. The molecular weight excluding hydrogens is 391 g/mol. The lowest BCUT2D eigenvalue weighted by Crippen LogP contribution is -2.53. The number of carbonyl (C=O) groups excluding carboxylic acids is 2. The number of ether oxygens (including phenoxy) is 1. The highest BCUT2D eigenvalue weighted by Crippen LogP contribution is 2.33. The number of likely N-dealkylation sites (N-methyl/N-ethyl adjacent to an activating group) is 1. The Morgan fingerprint density at radius 2 is 2.00 bits per heavy atom. The van der Waals surface area contributed by atoms with E-state index in [0.717, 1.165) is 25.3 Å². The fourth-order valence-corrected chi connectivity index (χ4v) is 3.41. The van der Waals surface area contributed by atoms with Crippen LogP contribution in [0.25, 0.3) is 0 Å². The minimum Gasteiger partial charge on any atom is -0.449 e. The number of nitrogens with zero attached hydrogens (tertiary/aromatic N) is 2. The summed E-state index contributed by atoms with van der Waals surface area (Å²) in [5.41, 5.74) is -1.10. The molecule has 0 aliphatic heterocycles. The number of nitriles is 1. The quantitative estimate of drug-likeness (QED) is 0.707. The van der Waals surface area contributed by atoms with Crippen LogP contribution in [0.2, 0.25) is 0 Å². The molecule has 134 valence electrons. The third-order valence-corrected chi connectivity index (χ3v) is 5.14. The fraction of sp³-hybridized carbons (Fsp3) is 0.500. The molecule has 2 rings (SSSR count). The molecule has 7 heteroatoms. The Balaban J connectivity index is 2.09. The van der Waals surface area contributed by atoms with Gasteiger partial charge in [0.2, 0.25) is 0 Å². The maximum absolute atomic E-state index is 13.8. The molecule has 0 unspecified atom stereocenters. The smallest absolute Gasteiger partial charge is 0.341 e. The van der Waals surface area contributed by atoms with Crippen molar-refractivity contribution in [2.24, 2.45) is 0 Å². The van der Waals surface area contributed by atoms with Crippen LogP contribution in [0.15, 0.2) is 22.7 Å². The van der Waals surface area contributed by atoms with E-state index in [4.69, 9.17) is 4.74 Å². The summed E-state index contributed by atoms with van der Waals surface area (Å²) in [5.74, 6) is -2.10. The van der Waals surface area contributed by atoms with E-state index < -0.39 is 29.3 Å². The van der Waals surface area contributed by atoms with E-state index in [0.29, 0.717) is 17.3 Å². The van der Waals surface area contributed by atoms with Crippen molar-refractivity contribution >= 4 is 27.8 Å². The van der Waals surface area contributed by atoms with E-state index in [-0.39, 0.29) is 5.56 Å². The summed E-state index contributed by atoms with van der Waals surface area (Å²) >= 11 is 3.11. The lowest BCUT2D eigenvalue weighted by Gasteiger charge is -2.39. The summed E-state index contributed by atoms with van der Waals surface area (Å²) in [7, 11) is 1.56. The highest BCUT2D eigenvalue weighted by atomic mass is 79.9. The van der Waals surface area contributed by atoms with Gasteiger partial charge in [-0.1, -0.05) is 35.2 Å². The van der Waals surface area contributed by atoms with Crippen LogP contribution in [-0.4, -0.2) is 35.5 Å². The molecule has 1 aliphatic rings. The monoisotopic (exact) mass is 410 g/mol. The summed E-state index contributed by atoms with van der Waals surface area (Å²) in [6, 6.07) is 6.22. The number of carbonyl (C=O) groups is 2. The van der Waals surface area contributed by atoms with Crippen LogP contribution in [-0.2, 0) is 9.53 Å². The topological polar surface area (TPSA) is 70.4 Å². The predicted molar refractivity (Wildman–Crippen MR) is 93.2 cm³/mol. The van der Waals surface area contributed by atoms with E-state index >= 15 is 0 Å². The molecule has 1 aliphatic carbocycles. The number of benzene rings is 1. The second-order valence-corrected chi connectivity index (χ2v) is 7.19. The second-order valence-electron chi connectivity index (χ2n) is 6.27. The van der Waals surface area contributed by atoms with E-state index in [1.807, 2.05) is 0 Å². The normalized spacial score (nSPS) is 17.2. The summed E-state index contributed by atoms with van der Waals surface area (Å²) < 4.78 is 19.5.